The van der Waals surface area contributed by atoms with Crippen LogP contribution in [0.2, 0.25) is 0 Å². The first kappa shape index (κ1) is 21.3. The minimum atomic E-state index is -0.300. The van der Waals surface area contributed by atoms with Crippen LogP contribution in [-0.2, 0) is 9.95 Å². The molecule has 4 nitrogen and oxygen atoms in total. The summed E-state index contributed by atoms with van der Waals surface area (Å²) >= 11 is 1.20. The van der Waals surface area contributed by atoms with Gasteiger partial charge < -0.3 is 5.32 Å². The molecule has 0 radical (unpaired) electrons. The highest BCUT2D eigenvalue weighted by Crippen LogP contribution is 2.38. The maximum absolute atomic E-state index is 13.1. The van der Waals surface area contributed by atoms with Gasteiger partial charge in [-0.2, -0.15) is 0 Å². The average molecular weight is 427 g/mol. The first-order valence-corrected chi connectivity index (χ1v) is 10.8. The molecule has 1 aromatic heterocycles. The fourth-order valence-electron chi connectivity index (χ4n) is 2.99. The lowest BCUT2D eigenvalue weighted by atomic mass is 9.92. The number of carbonyl (C=O) groups excluding carboxylic acids is 1. The number of aromatic nitrogens is 2. The Morgan fingerprint density at radius 3 is 2.41 bits per heavy atom. The van der Waals surface area contributed by atoms with Gasteiger partial charge in [0.1, 0.15) is 11.5 Å². The van der Waals surface area contributed by atoms with Crippen molar-refractivity contribution in [1.82, 2.24) is 9.59 Å². The van der Waals surface area contributed by atoms with Crippen molar-refractivity contribution < 1.29 is 9.18 Å². The summed E-state index contributed by atoms with van der Waals surface area (Å²) in [5.74, 6) is -0.551. The molecule has 2 aromatic carbocycles. The van der Waals surface area contributed by atoms with Crippen LogP contribution in [0.1, 0.15) is 37.9 Å². The highest BCUT2D eigenvalue weighted by atomic mass is 32.1. The van der Waals surface area contributed by atoms with Crippen LogP contribution < -0.4 is 5.32 Å². The Labute approximate surface area is 176 Å². The van der Waals surface area contributed by atoms with Crippen molar-refractivity contribution >= 4 is 38.4 Å². The van der Waals surface area contributed by atoms with Crippen molar-refractivity contribution in [2.75, 3.05) is 5.32 Å². The quantitative estimate of drug-likeness (QED) is 0.378. The zero-order valence-electron chi connectivity index (χ0n) is 16.4. The number of benzene rings is 2. The summed E-state index contributed by atoms with van der Waals surface area (Å²) in [7, 11) is 2.95. The van der Waals surface area contributed by atoms with Crippen molar-refractivity contribution in [2.24, 2.45) is 0 Å². The molecule has 0 bridgehead atoms. The molecule has 0 spiro atoms. The Balaban J connectivity index is 1.68. The Bertz CT molecular complexity index is 996. The number of anilines is 1. The van der Waals surface area contributed by atoms with Crippen LogP contribution in [0.4, 0.5) is 10.1 Å². The van der Waals surface area contributed by atoms with Gasteiger partial charge in [0.15, 0.2) is 0 Å². The van der Waals surface area contributed by atoms with Crippen molar-refractivity contribution in [2.45, 2.75) is 31.8 Å². The number of hydrogen-bond acceptors (Lipinski definition) is 4. The number of nitrogens with one attached hydrogen (secondary N) is 1. The Hall–Kier alpha value is -2.43. The Kier molecular flexibility index (Phi) is 6.88. The molecule has 0 saturated carbocycles. The predicted molar refractivity (Wildman–Crippen MR) is 121 cm³/mol. The van der Waals surface area contributed by atoms with Crippen LogP contribution in [0.25, 0.3) is 16.5 Å². The molecular formula is C22H23FN3OPS. The second-order valence-corrected chi connectivity index (χ2v) is 8.62. The van der Waals surface area contributed by atoms with E-state index in [2.05, 4.69) is 50.1 Å². The fourth-order valence-corrected chi connectivity index (χ4v) is 3.84. The van der Waals surface area contributed by atoms with Gasteiger partial charge in [0, 0.05) is 16.9 Å². The molecule has 1 heterocycles. The van der Waals surface area contributed by atoms with E-state index in [1.807, 2.05) is 12.1 Å². The second kappa shape index (κ2) is 9.38. The molecule has 3 aromatic rings. The standard InChI is InChI=1S/C22H23FN3OPS/c1-3-22(28,4-2)16-7-11-18(12-8-16)24-20(27)14-13-19-21(29-26-25-19)15-5-9-17(23)10-6-15/h5-14H,3-4,28H2,1-2H3,(H,24,27)/b14-13+. The zero-order valence-corrected chi connectivity index (χ0v) is 18.3. The molecule has 0 aliphatic rings. The molecule has 0 fully saturated rings. The highest BCUT2D eigenvalue weighted by Gasteiger charge is 2.22. The van der Waals surface area contributed by atoms with Crippen LogP contribution in [0.3, 0.4) is 0 Å². The number of rotatable bonds is 7. The van der Waals surface area contributed by atoms with Gasteiger partial charge in [0.25, 0.3) is 0 Å². The Morgan fingerprint density at radius 2 is 1.79 bits per heavy atom. The maximum Gasteiger partial charge on any atom is 0.248 e. The van der Waals surface area contributed by atoms with E-state index >= 15 is 0 Å². The highest BCUT2D eigenvalue weighted by molar-refractivity contribution is 7.18. The molecule has 0 aliphatic heterocycles. The molecule has 0 aliphatic carbocycles. The summed E-state index contributed by atoms with van der Waals surface area (Å²) in [6, 6.07) is 14.1. The number of nitrogens with zero attached hydrogens (tertiary/aromatic N) is 2. The van der Waals surface area contributed by atoms with Crippen molar-refractivity contribution in [1.29, 1.82) is 0 Å². The van der Waals surface area contributed by atoms with E-state index in [-0.39, 0.29) is 16.9 Å². The lowest BCUT2D eigenvalue weighted by Gasteiger charge is -2.27. The van der Waals surface area contributed by atoms with Crippen molar-refractivity contribution in [3.8, 4) is 10.4 Å². The van der Waals surface area contributed by atoms with Crippen LogP contribution in [0, 0.1) is 5.82 Å². The first-order chi connectivity index (χ1) is 13.9. The zero-order chi connectivity index (χ0) is 20.9. The Morgan fingerprint density at radius 1 is 1.14 bits per heavy atom. The lowest BCUT2D eigenvalue weighted by Crippen LogP contribution is -2.15. The summed E-state index contributed by atoms with van der Waals surface area (Å²) in [5, 5.41) is 6.98. The molecule has 1 amide bonds. The van der Waals surface area contributed by atoms with Crippen molar-refractivity contribution in [3.63, 3.8) is 0 Å². The van der Waals surface area contributed by atoms with E-state index in [1.54, 1.807) is 18.2 Å². The molecule has 150 valence electrons. The van der Waals surface area contributed by atoms with E-state index in [4.69, 9.17) is 0 Å². The third-order valence-corrected chi connectivity index (χ3v) is 6.94. The van der Waals surface area contributed by atoms with Gasteiger partial charge in [-0.15, -0.1) is 14.3 Å². The second-order valence-electron chi connectivity index (χ2n) is 6.76. The van der Waals surface area contributed by atoms with Gasteiger partial charge in [-0.3, -0.25) is 4.79 Å². The summed E-state index contributed by atoms with van der Waals surface area (Å²) in [6.07, 6.45) is 5.10. The minimum absolute atomic E-state index is 0.0663. The van der Waals surface area contributed by atoms with Crippen LogP contribution in [0.15, 0.2) is 54.6 Å². The van der Waals surface area contributed by atoms with Gasteiger partial charge in [-0.05, 0) is 65.8 Å². The molecule has 7 heteroatoms. The van der Waals surface area contributed by atoms with Gasteiger partial charge in [-0.1, -0.05) is 42.6 Å². The molecule has 3 rings (SSSR count). The van der Waals surface area contributed by atoms with E-state index < -0.39 is 0 Å². The third kappa shape index (κ3) is 5.14. The molecule has 1 N–H and O–H groups in total. The van der Waals surface area contributed by atoms with Crippen LogP contribution >= 0.6 is 20.8 Å². The smallest absolute Gasteiger partial charge is 0.248 e. The monoisotopic (exact) mass is 427 g/mol. The number of amides is 1. The van der Waals surface area contributed by atoms with E-state index in [1.165, 1.54) is 35.3 Å². The maximum atomic E-state index is 13.1. The molecule has 29 heavy (non-hydrogen) atoms. The van der Waals surface area contributed by atoms with Gasteiger partial charge in [-0.25, -0.2) is 4.39 Å². The van der Waals surface area contributed by atoms with E-state index in [0.29, 0.717) is 5.69 Å². The van der Waals surface area contributed by atoms with Crippen molar-refractivity contribution in [3.05, 3.63) is 71.7 Å². The largest absolute Gasteiger partial charge is 0.323 e. The van der Waals surface area contributed by atoms with Gasteiger partial charge in [0.05, 0.1) is 4.88 Å². The molecule has 0 saturated heterocycles. The summed E-state index contributed by atoms with van der Waals surface area (Å²) in [6.45, 7) is 4.34. The SMILES string of the molecule is CCC(P)(CC)c1ccc(NC(=O)/C=C/c2nnsc2-c2ccc(F)cc2)cc1. The first-order valence-electron chi connectivity index (χ1n) is 9.42. The molecule has 1 atom stereocenters. The molecule has 1 unspecified atom stereocenters. The van der Waals surface area contributed by atoms with Gasteiger partial charge >= 0.3 is 0 Å². The summed E-state index contributed by atoms with van der Waals surface area (Å²) in [4.78, 5) is 13.1. The number of halogens is 1. The predicted octanol–water partition coefficient (Wildman–Crippen LogP) is 5.89. The lowest BCUT2D eigenvalue weighted by molar-refractivity contribution is -0.111. The van der Waals surface area contributed by atoms with Crippen LogP contribution in [0.5, 0.6) is 0 Å². The van der Waals surface area contributed by atoms with Crippen LogP contribution in [-0.4, -0.2) is 15.5 Å². The number of carbonyl (C=O) groups is 1. The number of hydrogen-bond donors (Lipinski definition) is 1. The van der Waals surface area contributed by atoms with Gasteiger partial charge in [0.2, 0.25) is 5.91 Å². The molecular weight excluding hydrogens is 404 g/mol. The third-order valence-electron chi connectivity index (χ3n) is 5.00. The summed E-state index contributed by atoms with van der Waals surface area (Å²) < 4.78 is 17.1. The average Bonchev–Trinajstić information content (AvgIpc) is 3.21. The van der Waals surface area contributed by atoms with E-state index in [0.717, 1.165) is 29.0 Å². The topological polar surface area (TPSA) is 54.9 Å². The fraction of sp³-hybridized carbons (Fsp3) is 0.227. The minimum Gasteiger partial charge on any atom is -0.323 e. The summed E-state index contributed by atoms with van der Waals surface area (Å²) in [5.41, 5.74) is 3.35. The van der Waals surface area contributed by atoms with E-state index in [9.17, 15) is 9.18 Å². The normalized spacial score (nSPS) is 11.7.